The average molecular weight is 272 g/mol. The molecule has 18 heavy (non-hydrogen) atoms. The maximum absolute atomic E-state index is 12.4. The lowest BCUT2D eigenvalue weighted by molar-refractivity contribution is 0.368. The van der Waals surface area contributed by atoms with Gasteiger partial charge in [0.15, 0.2) is 5.03 Å². The lowest BCUT2D eigenvalue weighted by Gasteiger charge is -2.24. The van der Waals surface area contributed by atoms with Crippen molar-refractivity contribution in [2.75, 3.05) is 19.6 Å². The summed E-state index contributed by atoms with van der Waals surface area (Å²) in [6.07, 6.45) is 4.43. The Labute approximate surface area is 108 Å². The molecule has 0 bridgehead atoms. The van der Waals surface area contributed by atoms with E-state index in [1.165, 1.54) is 12.3 Å². The van der Waals surface area contributed by atoms with Crippen LogP contribution in [0.3, 0.4) is 0 Å². The Morgan fingerprint density at radius 3 is 2.94 bits per heavy atom. The molecule has 1 aliphatic rings. The fourth-order valence-electron chi connectivity index (χ4n) is 2.24. The van der Waals surface area contributed by atoms with Gasteiger partial charge in [-0.3, -0.25) is 5.10 Å². The third-order valence-corrected chi connectivity index (χ3v) is 4.95. The van der Waals surface area contributed by atoms with Crippen LogP contribution in [0, 0.1) is 0 Å². The molecule has 0 amide bonds. The Balaban J connectivity index is 2.13. The summed E-state index contributed by atoms with van der Waals surface area (Å²) in [5.74, 6) is 0. The molecule has 1 unspecified atom stereocenters. The van der Waals surface area contributed by atoms with Gasteiger partial charge in [0.25, 0.3) is 10.0 Å². The highest BCUT2D eigenvalue weighted by molar-refractivity contribution is 7.89. The van der Waals surface area contributed by atoms with Crippen molar-refractivity contribution in [3.63, 3.8) is 0 Å². The summed E-state index contributed by atoms with van der Waals surface area (Å²) in [4.78, 5) is 0. The standard InChI is InChI=1S/C11H20N4O2S/c1-2-8-15(9-10-4-3-6-12-10)18(16,17)11-5-7-13-14-11/h5,7,10,12H,2-4,6,8-9H2,1H3,(H,13,14). The second-order valence-corrected chi connectivity index (χ2v) is 6.48. The van der Waals surface area contributed by atoms with Gasteiger partial charge in [0.1, 0.15) is 0 Å². The van der Waals surface area contributed by atoms with Crippen LogP contribution in [0.15, 0.2) is 17.3 Å². The molecule has 1 aromatic rings. The number of rotatable bonds is 6. The number of nitrogens with one attached hydrogen (secondary N) is 2. The normalized spacial score (nSPS) is 20.7. The molecular weight excluding hydrogens is 252 g/mol. The van der Waals surface area contributed by atoms with Crippen LogP contribution in [-0.2, 0) is 10.0 Å². The summed E-state index contributed by atoms with van der Waals surface area (Å²) in [7, 11) is -3.43. The van der Waals surface area contributed by atoms with Crippen molar-refractivity contribution in [1.82, 2.24) is 19.8 Å². The summed E-state index contributed by atoms with van der Waals surface area (Å²) >= 11 is 0. The van der Waals surface area contributed by atoms with Crippen LogP contribution >= 0.6 is 0 Å². The summed E-state index contributed by atoms with van der Waals surface area (Å²) in [6, 6.07) is 1.77. The zero-order valence-corrected chi connectivity index (χ0v) is 11.4. The van der Waals surface area contributed by atoms with E-state index in [0.29, 0.717) is 13.1 Å². The van der Waals surface area contributed by atoms with Gasteiger partial charge in [0, 0.05) is 19.1 Å². The molecule has 0 aromatic carbocycles. The maximum atomic E-state index is 12.4. The molecule has 0 saturated carbocycles. The van der Waals surface area contributed by atoms with Crippen LogP contribution in [0.4, 0.5) is 0 Å². The monoisotopic (exact) mass is 272 g/mol. The molecule has 1 aliphatic heterocycles. The molecule has 7 heteroatoms. The number of sulfonamides is 1. The van der Waals surface area contributed by atoms with Gasteiger partial charge in [0.2, 0.25) is 0 Å². The van der Waals surface area contributed by atoms with Crippen molar-refractivity contribution in [3.8, 4) is 0 Å². The Hall–Kier alpha value is -0.920. The summed E-state index contributed by atoms with van der Waals surface area (Å²) in [5, 5.41) is 9.76. The van der Waals surface area contributed by atoms with E-state index >= 15 is 0 Å². The summed E-state index contributed by atoms with van der Waals surface area (Å²) < 4.78 is 26.3. The summed E-state index contributed by atoms with van der Waals surface area (Å²) in [5.41, 5.74) is 0. The average Bonchev–Trinajstić information content (AvgIpc) is 3.01. The van der Waals surface area contributed by atoms with E-state index in [-0.39, 0.29) is 11.1 Å². The van der Waals surface area contributed by atoms with Gasteiger partial charge < -0.3 is 5.32 Å². The van der Waals surface area contributed by atoms with Crippen LogP contribution in [0.2, 0.25) is 0 Å². The topological polar surface area (TPSA) is 78.1 Å². The third kappa shape index (κ3) is 2.90. The zero-order chi connectivity index (χ0) is 13.0. The predicted octanol–water partition coefficient (Wildman–Crippen LogP) is 0.562. The second-order valence-electron chi connectivity index (χ2n) is 4.58. The fraction of sp³-hybridized carbons (Fsp3) is 0.727. The van der Waals surface area contributed by atoms with E-state index < -0.39 is 10.0 Å². The molecule has 0 spiro atoms. The first-order chi connectivity index (χ1) is 8.64. The largest absolute Gasteiger partial charge is 0.313 e. The molecule has 1 aromatic heterocycles. The highest BCUT2D eigenvalue weighted by atomic mass is 32.2. The first-order valence-electron chi connectivity index (χ1n) is 6.37. The number of nitrogens with zero attached hydrogens (tertiary/aromatic N) is 2. The molecule has 2 N–H and O–H groups in total. The van der Waals surface area contributed by atoms with Crippen molar-refractivity contribution >= 4 is 10.0 Å². The lowest BCUT2D eigenvalue weighted by Crippen LogP contribution is -2.41. The van der Waals surface area contributed by atoms with Crippen molar-refractivity contribution < 1.29 is 8.42 Å². The van der Waals surface area contributed by atoms with Crippen LogP contribution in [0.1, 0.15) is 26.2 Å². The molecule has 102 valence electrons. The predicted molar refractivity (Wildman–Crippen MR) is 68.7 cm³/mol. The molecule has 2 heterocycles. The van der Waals surface area contributed by atoms with Gasteiger partial charge in [-0.2, -0.15) is 9.40 Å². The van der Waals surface area contributed by atoms with E-state index in [4.69, 9.17) is 0 Å². The van der Waals surface area contributed by atoms with Crippen LogP contribution < -0.4 is 5.32 Å². The van der Waals surface area contributed by atoms with E-state index in [1.807, 2.05) is 6.92 Å². The van der Waals surface area contributed by atoms with Gasteiger partial charge in [0.05, 0.1) is 6.20 Å². The van der Waals surface area contributed by atoms with Crippen molar-refractivity contribution in [3.05, 3.63) is 12.3 Å². The van der Waals surface area contributed by atoms with Gasteiger partial charge in [-0.1, -0.05) is 6.92 Å². The van der Waals surface area contributed by atoms with Crippen molar-refractivity contribution in [1.29, 1.82) is 0 Å². The number of hydrogen-bond donors (Lipinski definition) is 2. The third-order valence-electron chi connectivity index (χ3n) is 3.15. The summed E-state index contributed by atoms with van der Waals surface area (Å²) in [6.45, 7) is 4.04. The number of aromatic amines is 1. The molecule has 1 atom stereocenters. The Kier molecular flexibility index (Phi) is 4.36. The lowest BCUT2D eigenvalue weighted by atomic mass is 10.2. The molecule has 1 fully saturated rings. The molecule has 2 rings (SSSR count). The first-order valence-corrected chi connectivity index (χ1v) is 7.81. The van der Waals surface area contributed by atoms with Gasteiger partial charge in [-0.05, 0) is 31.9 Å². The minimum atomic E-state index is -3.43. The van der Waals surface area contributed by atoms with Crippen molar-refractivity contribution in [2.24, 2.45) is 0 Å². The first kappa shape index (κ1) is 13.5. The molecule has 0 radical (unpaired) electrons. The number of hydrogen-bond acceptors (Lipinski definition) is 4. The van der Waals surface area contributed by atoms with E-state index in [2.05, 4.69) is 15.5 Å². The Morgan fingerprint density at radius 2 is 2.39 bits per heavy atom. The van der Waals surface area contributed by atoms with Gasteiger partial charge in [-0.25, -0.2) is 8.42 Å². The van der Waals surface area contributed by atoms with Crippen LogP contribution in [-0.4, -0.2) is 48.6 Å². The number of H-pyrrole nitrogens is 1. The quantitative estimate of drug-likeness (QED) is 0.793. The second kappa shape index (κ2) is 5.81. The molecule has 6 nitrogen and oxygen atoms in total. The molecule has 0 aliphatic carbocycles. The van der Waals surface area contributed by atoms with Crippen LogP contribution in [0.25, 0.3) is 0 Å². The van der Waals surface area contributed by atoms with E-state index in [1.54, 1.807) is 4.31 Å². The number of aromatic nitrogens is 2. The van der Waals surface area contributed by atoms with E-state index in [0.717, 1.165) is 25.8 Å². The zero-order valence-electron chi connectivity index (χ0n) is 10.6. The Morgan fingerprint density at radius 1 is 1.56 bits per heavy atom. The maximum Gasteiger partial charge on any atom is 0.260 e. The van der Waals surface area contributed by atoms with Crippen LogP contribution in [0.5, 0.6) is 0 Å². The highest BCUT2D eigenvalue weighted by Gasteiger charge is 2.28. The Bertz CT molecular complexity index is 451. The SMILES string of the molecule is CCCN(CC1CCCN1)S(=O)(=O)c1ccn[nH]1. The van der Waals surface area contributed by atoms with Gasteiger partial charge in [-0.15, -0.1) is 0 Å². The minimum Gasteiger partial charge on any atom is -0.313 e. The molecular formula is C11H20N4O2S. The minimum absolute atomic E-state index is 0.175. The van der Waals surface area contributed by atoms with E-state index in [9.17, 15) is 8.42 Å². The van der Waals surface area contributed by atoms with Crippen molar-refractivity contribution in [2.45, 2.75) is 37.3 Å². The smallest absolute Gasteiger partial charge is 0.260 e. The fourth-order valence-corrected chi connectivity index (χ4v) is 3.72. The molecule has 1 saturated heterocycles. The highest BCUT2D eigenvalue weighted by Crippen LogP contribution is 2.16. The van der Waals surface area contributed by atoms with Gasteiger partial charge >= 0.3 is 0 Å².